The average Bonchev–Trinajstić information content (AvgIpc) is 3.24. The molecule has 1 amide bonds. The lowest BCUT2D eigenvalue weighted by molar-refractivity contribution is -0.131. The summed E-state index contributed by atoms with van der Waals surface area (Å²) < 4.78 is 17.2. The van der Waals surface area contributed by atoms with E-state index in [1.165, 1.54) is 24.9 Å². The molecule has 2 atom stereocenters. The number of carbonyl (C=O) groups excluding carboxylic acids is 1. The number of thioether (sulfide) groups is 1. The Bertz CT molecular complexity index is 934. The first-order valence-corrected chi connectivity index (χ1v) is 12.3. The second-order valence-electron chi connectivity index (χ2n) is 7.21. The van der Waals surface area contributed by atoms with Gasteiger partial charge in [-0.25, -0.2) is 0 Å². The maximum atomic E-state index is 12.2. The molecule has 1 aliphatic heterocycles. The maximum Gasteiger partial charge on any atom is 0.254 e. The molecule has 0 aliphatic carbocycles. The number of benzene rings is 2. The molecular weight excluding hydrogens is 491 g/mol. The number of hydrogen-bond acceptors (Lipinski definition) is 8. The van der Waals surface area contributed by atoms with Crippen LogP contribution in [-0.2, 0) is 4.84 Å². The molecular formula is C22H26Cl2N2O6S. The Morgan fingerprint density at radius 1 is 1.27 bits per heavy atom. The van der Waals surface area contributed by atoms with Crippen molar-refractivity contribution in [2.24, 2.45) is 0 Å². The molecule has 2 aromatic rings. The third-order valence-corrected chi connectivity index (χ3v) is 5.55. The Hall–Kier alpha value is -1.88. The molecule has 2 aromatic carbocycles. The second kappa shape index (κ2) is 12.5. The van der Waals surface area contributed by atoms with Gasteiger partial charge < -0.3 is 24.6 Å². The molecule has 1 saturated heterocycles. The van der Waals surface area contributed by atoms with E-state index in [-0.39, 0.29) is 36.5 Å². The lowest BCUT2D eigenvalue weighted by atomic mass is 10.1. The van der Waals surface area contributed by atoms with Gasteiger partial charge in [-0.2, -0.15) is 5.06 Å². The van der Waals surface area contributed by atoms with Crippen LogP contribution in [0.1, 0.15) is 10.4 Å². The Morgan fingerprint density at radius 2 is 2.03 bits per heavy atom. The minimum absolute atomic E-state index is 0.0594. The number of ether oxygens (including phenoxy) is 3. The zero-order chi connectivity index (χ0) is 23.8. The normalized spacial score (nSPS) is 16.9. The van der Waals surface area contributed by atoms with E-state index in [9.17, 15) is 9.90 Å². The van der Waals surface area contributed by atoms with Crippen molar-refractivity contribution in [1.29, 1.82) is 0 Å². The van der Waals surface area contributed by atoms with Crippen LogP contribution in [0.4, 0.5) is 0 Å². The van der Waals surface area contributed by atoms with Crippen LogP contribution in [0.15, 0.2) is 36.4 Å². The van der Waals surface area contributed by atoms with Gasteiger partial charge in [-0.1, -0.05) is 23.2 Å². The predicted molar refractivity (Wildman–Crippen MR) is 129 cm³/mol. The van der Waals surface area contributed by atoms with Crippen molar-refractivity contribution in [2.75, 3.05) is 45.5 Å². The van der Waals surface area contributed by atoms with E-state index in [4.69, 9.17) is 42.3 Å². The highest BCUT2D eigenvalue weighted by Gasteiger charge is 2.27. The molecule has 180 valence electrons. The minimum Gasteiger partial charge on any atom is -0.490 e. The number of β-amino-alcohol motifs (C(OH)–C–C–N with tert-alkyl or cyclic N) is 1. The molecule has 3 rings (SSSR count). The lowest BCUT2D eigenvalue weighted by Gasteiger charge is -2.20. The molecule has 0 bridgehead atoms. The Kier molecular flexibility index (Phi) is 9.78. The lowest BCUT2D eigenvalue weighted by Crippen LogP contribution is -2.35. The number of aliphatic hydroxyl groups is 1. The Labute approximate surface area is 207 Å². The Balaban J connectivity index is 1.54. The molecule has 0 aromatic heterocycles. The van der Waals surface area contributed by atoms with Crippen molar-refractivity contribution in [2.45, 2.75) is 12.2 Å². The van der Waals surface area contributed by atoms with Crippen LogP contribution in [0.25, 0.3) is 0 Å². The summed E-state index contributed by atoms with van der Waals surface area (Å²) in [5, 5.41) is 15.6. The number of amides is 1. The maximum absolute atomic E-state index is 12.2. The van der Waals surface area contributed by atoms with Crippen molar-refractivity contribution >= 4 is 40.9 Å². The molecule has 0 spiro atoms. The molecule has 0 radical (unpaired) electrons. The number of hydroxylamine groups is 2. The van der Waals surface area contributed by atoms with E-state index < -0.39 is 6.10 Å². The number of carbonyl (C=O) groups is 1. The molecule has 2 N–H and O–H groups in total. The van der Waals surface area contributed by atoms with Crippen LogP contribution in [0.3, 0.4) is 0 Å². The fourth-order valence-corrected chi connectivity index (χ4v) is 3.69. The highest BCUT2D eigenvalue weighted by Crippen LogP contribution is 2.33. The van der Waals surface area contributed by atoms with Gasteiger partial charge in [0.15, 0.2) is 0 Å². The van der Waals surface area contributed by atoms with Gasteiger partial charge in [0.05, 0.1) is 23.7 Å². The minimum atomic E-state index is -0.872. The summed E-state index contributed by atoms with van der Waals surface area (Å²) in [6.45, 7) is 0.997. The van der Waals surface area contributed by atoms with Crippen molar-refractivity contribution in [3.63, 3.8) is 0 Å². The molecule has 1 fully saturated rings. The van der Waals surface area contributed by atoms with E-state index in [1.807, 2.05) is 6.26 Å². The van der Waals surface area contributed by atoms with Gasteiger partial charge in [0.25, 0.3) is 5.91 Å². The molecule has 33 heavy (non-hydrogen) atoms. The number of rotatable bonds is 11. The largest absolute Gasteiger partial charge is 0.490 e. The smallest absolute Gasteiger partial charge is 0.254 e. The highest BCUT2D eigenvalue weighted by molar-refractivity contribution is 7.98. The first kappa shape index (κ1) is 25.7. The predicted octanol–water partition coefficient (Wildman–Crippen LogP) is 3.49. The fourth-order valence-electron chi connectivity index (χ4n) is 3.10. The van der Waals surface area contributed by atoms with Gasteiger partial charge in [-0.3, -0.25) is 9.63 Å². The van der Waals surface area contributed by atoms with Crippen LogP contribution in [0.5, 0.6) is 17.2 Å². The van der Waals surface area contributed by atoms with Crippen LogP contribution in [0, 0.1) is 0 Å². The quantitative estimate of drug-likeness (QED) is 0.438. The average molecular weight is 517 g/mol. The summed E-state index contributed by atoms with van der Waals surface area (Å²) in [6, 6.07) is 10.1. The van der Waals surface area contributed by atoms with Crippen LogP contribution in [0.2, 0.25) is 10.0 Å². The van der Waals surface area contributed by atoms with Crippen molar-refractivity contribution in [1.82, 2.24) is 10.4 Å². The van der Waals surface area contributed by atoms with Crippen molar-refractivity contribution < 1.29 is 28.9 Å². The molecule has 8 nitrogen and oxygen atoms in total. The van der Waals surface area contributed by atoms with Gasteiger partial charge in [0.2, 0.25) is 0 Å². The monoisotopic (exact) mass is 516 g/mol. The summed E-state index contributed by atoms with van der Waals surface area (Å²) in [6.07, 6.45) is 0.848. The first-order chi connectivity index (χ1) is 15.9. The molecule has 0 unspecified atom stereocenters. The molecule has 11 heteroatoms. The van der Waals surface area contributed by atoms with E-state index in [0.29, 0.717) is 40.6 Å². The van der Waals surface area contributed by atoms with E-state index >= 15 is 0 Å². The third kappa shape index (κ3) is 7.56. The van der Waals surface area contributed by atoms with Gasteiger partial charge >= 0.3 is 0 Å². The SMILES string of the molecule is CNC(=O)c1cc(Cl)c(OCSC)cc1OC[C@H](O)CN1C[C@@H](Oc2ccc(Cl)cc2)CO1. The number of halogens is 2. The van der Waals surface area contributed by atoms with Crippen LogP contribution < -0.4 is 19.5 Å². The van der Waals surface area contributed by atoms with E-state index in [1.54, 1.807) is 35.4 Å². The van der Waals surface area contributed by atoms with E-state index in [2.05, 4.69) is 5.32 Å². The summed E-state index contributed by atoms with van der Waals surface area (Å²) >= 11 is 13.6. The fraction of sp³-hybridized carbons (Fsp3) is 0.409. The van der Waals surface area contributed by atoms with Crippen molar-refractivity contribution in [3.05, 3.63) is 52.0 Å². The Morgan fingerprint density at radius 3 is 2.73 bits per heavy atom. The van der Waals surface area contributed by atoms with Gasteiger partial charge in [-0.15, -0.1) is 11.8 Å². The first-order valence-electron chi connectivity index (χ1n) is 10.2. The number of hydrogen-bond donors (Lipinski definition) is 2. The molecule has 0 saturated carbocycles. The zero-order valence-electron chi connectivity index (χ0n) is 18.3. The van der Waals surface area contributed by atoms with Crippen molar-refractivity contribution in [3.8, 4) is 17.2 Å². The summed E-state index contributed by atoms with van der Waals surface area (Å²) in [7, 11) is 1.51. The van der Waals surface area contributed by atoms with Crippen LogP contribution >= 0.6 is 35.0 Å². The number of aliphatic hydroxyl groups excluding tert-OH is 1. The molecule has 1 heterocycles. The topological polar surface area (TPSA) is 89.5 Å². The standard InChI is InChI=1S/C22H26Cl2N2O6S/c1-25-22(28)18-7-19(24)21(30-13-33-2)8-20(18)29-11-15(27)9-26-10-17(12-31-26)32-16-5-3-14(23)4-6-16/h3-8,15,17,27H,9-13H2,1-2H3,(H,25,28)/t15-,17-/m1/s1. The molecule has 1 aliphatic rings. The number of nitrogens with one attached hydrogen (secondary N) is 1. The highest BCUT2D eigenvalue weighted by atomic mass is 35.5. The van der Waals surface area contributed by atoms with Gasteiger partial charge in [0, 0.05) is 18.1 Å². The number of nitrogens with zero attached hydrogens (tertiary/aromatic N) is 1. The summed E-state index contributed by atoms with van der Waals surface area (Å²) in [5.74, 6) is 1.39. The van der Waals surface area contributed by atoms with Gasteiger partial charge in [0.1, 0.15) is 48.6 Å². The summed E-state index contributed by atoms with van der Waals surface area (Å²) in [5.41, 5.74) is 0.250. The second-order valence-corrected chi connectivity index (χ2v) is 8.87. The van der Waals surface area contributed by atoms with Crippen LogP contribution in [-0.4, -0.2) is 73.8 Å². The van der Waals surface area contributed by atoms with Gasteiger partial charge in [-0.05, 0) is 36.6 Å². The third-order valence-electron chi connectivity index (χ3n) is 4.65. The zero-order valence-corrected chi connectivity index (χ0v) is 20.6. The summed E-state index contributed by atoms with van der Waals surface area (Å²) in [4.78, 5) is 17.8. The van der Waals surface area contributed by atoms with E-state index in [0.717, 1.165) is 0 Å².